The number of anilines is 2. The zero-order chi connectivity index (χ0) is 15.4. The molecule has 0 aliphatic carbocycles. The van der Waals surface area contributed by atoms with E-state index in [4.69, 9.17) is 4.74 Å². The van der Waals surface area contributed by atoms with Crippen LogP contribution in [0.1, 0.15) is 5.69 Å². The van der Waals surface area contributed by atoms with Gasteiger partial charge in [-0.1, -0.05) is 6.07 Å². The largest absolute Gasteiger partial charge is 0.424 e. The molecule has 0 saturated heterocycles. The fraction of sp³-hybridized carbons (Fsp3) is 0.0667. The van der Waals surface area contributed by atoms with Crippen molar-refractivity contribution in [3.8, 4) is 11.8 Å². The van der Waals surface area contributed by atoms with Crippen LogP contribution in [0.4, 0.5) is 11.6 Å². The van der Waals surface area contributed by atoms with Gasteiger partial charge in [-0.2, -0.15) is 0 Å². The van der Waals surface area contributed by atoms with Crippen LogP contribution in [-0.2, 0) is 0 Å². The van der Waals surface area contributed by atoms with Gasteiger partial charge in [-0.3, -0.25) is 0 Å². The molecule has 110 valence electrons. The molecule has 0 aliphatic rings. The molecule has 2 aromatic heterocycles. The van der Waals surface area contributed by atoms with Crippen LogP contribution in [0.2, 0.25) is 0 Å². The van der Waals surface area contributed by atoms with Crippen molar-refractivity contribution in [2.24, 2.45) is 0 Å². The Bertz CT molecular complexity index is 779. The van der Waals surface area contributed by atoms with Crippen molar-refractivity contribution in [2.75, 3.05) is 5.32 Å². The summed E-state index contributed by atoms with van der Waals surface area (Å²) in [6, 6.07) is 9.56. The van der Waals surface area contributed by atoms with Crippen LogP contribution in [0.3, 0.4) is 0 Å². The summed E-state index contributed by atoms with van der Waals surface area (Å²) in [6.07, 6.45) is 4.97. The van der Waals surface area contributed by atoms with E-state index in [1.807, 2.05) is 37.3 Å². The van der Waals surface area contributed by atoms with Crippen LogP contribution in [0.5, 0.6) is 11.8 Å². The van der Waals surface area contributed by atoms with E-state index >= 15 is 0 Å². The molecule has 3 rings (SSSR count). The smallest absolute Gasteiger partial charge is 0.321 e. The van der Waals surface area contributed by atoms with E-state index < -0.39 is 0 Å². The Hall–Kier alpha value is -2.54. The Labute approximate surface area is 135 Å². The average Bonchev–Trinajstić information content (AvgIpc) is 2.50. The number of aryl methyl sites for hydroxylation is 1. The number of nitrogens with one attached hydrogen (secondary N) is 1. The van der Waals surface area contributed by atoms with Gasteiger partial charge < -0.3 is 10.1 Å². The highest BCUT2D eigenvalue weighted by Crippen LogP contribution is 2.23. The van der Waals surface area contributed by atoms with Gasteiger partial charge in [0.1, 0.15) is 5.75 Å². The van der Waals surface area contributed by atoms with Gasteiger partial charge in [-0.25, -0.2) is 19.9 Å². The standard InChI is InChI=1S/C15H12BrN5O/c1-10-5-6-17-14(20-10)21-12-3-2-4-13(7-12)22-15-18-8-11(16)9-19-15/h2-9H,1H3,(H,17,20,21). The Morgan fingerprint density at radius 1 is 1.09 bits per heavy atom. The number of hydrogen-bond acceptors (Lipinski definition) is 6. The predicted octanol–water partition coefficient (Wildman–Crippen LogP) is 3.87. The molecule has 1 N–H and O–H groups in total. The van der Waals surface area contributed by atoms with Crippen molar-refractivity contribution in [3.63, 3.8) is 0 Å². The lowest BCUT2D eigenvalue weighted by Crippen LogP contribution is -1.98. The van der Waals surface area contributed by atoms with Crippen molar-refractivity contribution in [2.45, 2.75) is 6.92 Å². The molecule has 22 heavy (non-hydrogen) atoms. The minimum Gasteiger partial charge on any atom is -0.424 e. The quantitative estimate of drug-likeness (QED) is 0.763. The summed E-state index contributed by atoms with van der Waals surface area (Å²) >= 11 is 3.28. The van der Waals surface area contributed by atoms with E-state index in [-0.39, 0.29) is 6.01 Å². The second-order valence-corrected chi connectivity index (χ2v) is 5.38. The lowest BCUT2D eigenvalue weighted by molar-refractivity contribution is 0.441. The van der Waals surface area contributed by atoms with Gasteiger partial charge in [0.05, 0.1) is 4.47 Å². The Kier molecular flexibility index (Phi) is 4.24. The van der Waals surface area contributed by atoms with Crippen molar-refractivity contribution in [3.05, 3.63) is 59.1 Å². The molecular weight excluding hydrogens is 346 g/mol. The first-order valence-electron chi connectivity index (χ1n) is 6.51. The monoisotopic (exact) mass is 357 g/mol. The van der Waals surface area contributed by atoms with Crippen molar-refractivity contribution in [1.29, 1.82) is 0 Å². The predicted molar refractivity (Wildman–Crippen MR) is 86.3 cm³/mol. The molecule has 0 atom stereocenters. The molecular formula is C15H12BrN5O. The highest BCUT2D eigenvalue weighted by molar-refractivity contribution is 9.10. The molecule has 0 bridgehead atoms. The molecule has 3 aromatic rings. The normalized spacial score (nSPS) is 10.3. The maximum absolute atomic E-state index is 5.61. The summed E-state index contributed by atoms with van der Waals surface area (Å²) in [5, 5.41) is 3.13. The topological polar surface area (TPSA) is 72.8 Å². The third-order valence-electron chi connectivity index (χ3n) is 2.69. The number of nitrogens with zero attached hydrogens (tertiary/aromatic N) is 4. The highest BCUT2D eigenvalue weighted by atomic mass is 79.9. The van der Waals surface area contributed by atoms with E-state index in [0.29, 0.717) is 11.7 Å². The second-order valence-electron chi connectivity index (χ2n) is 4.46. The average molecular weight is 358 g/mol. The van der Waals surface area contributed by atoms with Crippen molar-refractivity contribution >= 4 is 27.6 Å². The first-order chi connectivity index (χ1) is 10.7. The summed E-state index contributed by atoms with van der Waals surface area (Å²) in [6.45, 7) is 1.91. The van der Waals surface area contributed by atoms with Crippen LogP contribution in [0, 0.1) is 6.92 Å². The zero-order valence-electron chi connectivity index (χ0n) is 11.7. The maximum atomic E-state index is 5.61. The van der Waals surface area contributed by atoms with Crippen LogP contribution in [0.25, 0.3) is 0 Å². The number of halogens is 1. The van der Waals surface area contributed by atoms with Crippen LogP contribution in [-0.4, -0.2) is 19.9 Å². The molecule has 7 heteroatoms. The van der Waals surface area contributed by atoms with E-state index in [9.17, 15) is 0 Å². The third-order valence-corrected chi connectivity index (χ3v) is 3.10. The fourth-order valence-corrected chi connectivity index (χ4v) is 1.94. The van der Waals surface area contributed by atoms with Gasteiger partial charge in [0.15, 0.2) is 0 Å². The van der Waals surface area contributed by atoms with Crippen LogP contribution >= 0.6 is 15.9 Å². The molecule has 2 heterocycles. The van der Waals surface area contributed by atoms with Gasteiger partial charge in [0.2, 0.25) is 5.95 Å². The molecule has 0 unspecified atom stereocenters. The van der Waals surface area contributed by atoms with E-state index in [1.54, 1.807) is 18.6 Å². The molecule has 0 spiro atoms. The van der Waals surface area contributed by atoms with Gasteiger partial charge in [-0.05, 0) is 41.1 Å². The molecule has 1 aromatic carbocycles. The van der Waals surface area contributed by atoms with E-state index in [0.717, 1.165) is 15.9 Å². The zero-order valence-corrected chi connectivity index (χ0v) is 13.3. The molecule has 6 nitrogen and oxygen atoms in total. The number of ether oxygens (including phenoxy) is 1. The van der Waals surface area contributed by atoms with Crippen LogP contribution < -0.4 is 10.1 Å². The third kappa shape index (κ3) is 3.76. The second kappa shape index (κ2) is 6.48. The Morgan fingerprint density at radius 3 is 2.68 bits per heavy atom. The highest BCUT2D eigenvalue weighted by Gasteiger charge is 2.03. The lowest BCUT2D eigenvalue weighted by Gasteiger charge is -2.08. The minimum absolute atomic E-state index is 0.284. The van der Waals surface area contributed by atoms with Crippen LogP contribution in [0.15, 0.2) is 53.4 Å². The number of hydrogen-bond donors (Lipinski definition) is 1. The number of rotatable bonds is 4. The number of aromatic nitrogens is 4. The van der Waals surface area contributed by atoms with E-state index in [1.165, 1.54) is 0 Å². The SMILES string of the molecule is Cc1ccnc(Nc2cccc(Oc3ncc(Br)cn3)c2)n1. The summed E-state index contributed by atoms with van der Waals surface area (Å²) in [4.78, 5) is 16.6. The van der Waals surface area contributed by atoms with Gasteiger partial charge in [-0.15, -0.1) is 0 Å². The summed E-state index contributed by atoms with van der Waals surface area (Å²) in [5.41, 5.74) is 1.72. The van der Waals surface area contributed by atoms with Crippen molar-refractivity contribution in [1.82, 2.24) is 19.9 Å². The molecule has 0 saturated carbocycles. The van der Waals surface area contributed by atoms with Crippen molar-refractivity contribution < 1.29 is 4.74 Å². The minimum atomic E-state index is 0.284. The molecule has 0 fully saturated rings. The number of benzene rings is 1. The Balaban J connectivity index is 1.76. The molecule has 0 amide bonds. The fourth-order valence-electron chi connectivity index (χ4n) is 1.73. The lowest BCUT2D eigenvalue weighted by atomic mass is 10.3. The molecule has 0 radical (unpaired) electrons. The van der Waals surface area contributed by atoms with E-state index in [2.05, 4.69) is 41.2 Å². The summed E-state index contributed by atoms with van der Waals surface area (Å²) in [7, 11) is 0. The summed E-state index contributed by atoms with van der Waals surface area (Å²) in [5.74, 6) is 1.16. The van der Waals surface area contributed by atoms with Gasteiger partial charge in [0, 0.05) is 36.0 Å². The first-order valence-corrected chi connectivity index (χ1v) is 7.30. The Morgan fingerprint density at radius 2 is 1.91 bits per heavy atom. The van der Waals surface area contributed by atoms with Gasteiger partial charge >= 0.3 is 6.01 Å². The summed E-state index contributed by atoms with van der Waals surface area (Å²) < 4.78 is 6.41. The first kappa shape index (κ1) is 14.4. The van der Waals surface area contributed by atoms with Gasteiger partial charge in [0.25, 0.3) is 0 Å². The maximum Gasteiger partial charge on any atom is 0.321 e. The molecule has 0 aliphatic heterocycles.